The summed E-state index contributed by atoms with van der Waals surface area (Å²) >= 11 is 3.35. The van der Waals surface area contributed by atoms with E-state index in [-0.39, 0.29) is 11.9 Å². The molecule has 3 heterocycles. The molecule has 1 N–H and O–H groups in total. The number of halogens is 1. The van der Waals surface area contributed by atoms with E-state index in [9.17, 15) is 4.79 Å². The topological polar surface area (TPSA) is 85.2 Å². The van der Waals surface area contributed by atoms with Crippen LogP contribution in [0.5, 0.6) is 5.88 Å². The number of hydrogen-bond donors (Lipinski definition) is 1. The van der Waals surface area contributed by atoms with Crippen molar-refractivity contribution >= 4 is 27.8 Å². The van der Waals surface area contributed by atoms with E-state index < -0.39 is 0 Å². The van der Waals surface area contributed by atoms with E-state index in [1.165, 1.54) is 0 Å². The number of aromatic nitrogens is 4. The molecule has 24 heavy (non-hydrogen) atoms. The van der Waals surface area contributed by atoms with Crippen molar-refractivity contribution in [3.05, 3.63) is 28.6 Å². The van der Waals surface area contributed by atoms with Gasteiger partial charge in [0, 0.05) is 32.4 Å². The van der Waals surface area contributed by atoms with Gasteiger partial charge < -0.3 is 15.0 Å². The summed E-state index contributed by atoms with van der Waals surface area (Å²) in [5, 5.41) is 7.16. The molecule has 1 fully saturated rings. The lowest BCUT2D eigenvalue weighted by atomic mass is 10.1. The lowest BCUT2D eigenvalue weighted by Crippen LogP contribution is -2.45. The van der Waals surface area contributed by atoms with Gasteiger partial charge in [-0.2, -0.15) is 10.1 Å². The quantitative estimate of drug-likeness (QED) is 0.842. The average Bonchev–Trinajstić information content (AvgIpc) is 3.03. The second-order valence-corrected chi connectivity index (χ2v) is 6.49. The summed E-state index contributed by atoms with van der Waals surface area (Å²) in [6.45, 7) is 1.55. The van der Waals surface area contributed by atoms with Crippen LogP contribution in [0.4, 0.5) is 5.95 Å². The van der Waals surface area contributed by atoms with Crippen LogP contribution < -0.4 is 15.0 Å². The molecule has 1 amide bonds. The third-order valence-corrected chi connectivity index (χ3v) is 4.50. The molecule has 9 heteroatoms. The second-order valence-electron chi connectivity index (χ2n) is 5.64. The van der Waals surface area contributed by atoms with Gasteiger partial charge in [-0.05, 0) is 34.8 Å². The highest BCUT2D eigenvalue weighted by Crippen LogP contribution is 2.25. The molecule has 1 saturated heterocycles. The second kappa shape index (κ2) is 7.16. The SMILES string of the molecule is COc1nc(N2CCC(NC(=O)c3ccn(C)n3)CC2)ncc1Br. The third-order valence-electron chi connectivity index (χ3n) is 3.95. The predicted octanol–water partition coefficient (Wildman–Crippen LogP) is 1.38. The molecule has 0 atom stereocenters. The number of ether oxygens (including phenoxy) is 1. The molecule has 8 nitrogen and oxygen atoms in total. The van der Waals surface area contributed by atoms with Gasteiger partial charge in [0.15, 0.2) is 0 Å². The summed E-state index contributed by atoms with van der Waals surface area (Å²) in [6.07, 6.45) is 5.12. The van der Waals surface area contributed by atoms with Crippen LogP contribution in [0.1, 0.15) is 23.3 Å². The van der Waals surface area contributed by atoms with Crippen molar-refractivity contribution < 1.29 is 9.53 Å². The zero-order chi connectivity index (χ0) is 17.1. The van der Waals surface area contributed by atoms with Crippen LogP contribution in [-0.2, 0) is 7.05 Å². The van der Waals surface area contributed by atoms with Crippen LogP contribution in [-0.4, -0.2) is 51.9 Å². The molecule has 0 bridgehead atoms. The fourth-order valence-electron chi connectivity index (χ4n) is 2.66. The van der Waals surface area contributed by atoms with E-state index in [2.05, 4.69) is 41.2 Å². The number of rotatable bonds is 4. The zero-order valence-electron chi connectivity index (χ0n) is 13.6. The lowest BCUT2D eigenvalue weighted by Gasteiger charge is -2.32. The Hall–Kier alpha value is -2.16. The van der Waals surface area contributed by atoms with Gasteiger partial charge in [0.1, 0.15) is 5.69 Å². The first-order valence-corrected chi connectivity index (χ1v) is 8.48. The Balaban J connectivity index is 1.57. The fraction of sp³-hybridized carbons (Fsp3) is 0.467. The molecular formula is C15H19BrN6O2. The Morgan fingerprint density at radius 3 is 2.79 bits per heavy atom. The molecule has 1 aliphatic heterocycles. The molecule has 2 aromatic rings. The minimum Gasteiger partial charge on any atom is -0.480 e. The number of carbonyl (C=O) groups is 1. The highest BCUT2D eigenvalue weighted by molar-refractivity contribution is 9.10. The maximum absolute atomic E-state index is 12.2. The minimum atomic E-state index is -0.129. The normalized spacial score (nSPS) is 15.4. The van der Waals surface area contributed by atoms with Gasteiger partial charge in [-0.25, -0.2) is 4.98 Å². The Labute approximate surface area is 148 Å². The molecule has 128 valence electrons. The number of carbonyl (C=O) groups excluding carboxylic acids is 1. The molecule has 0 saturated carbocycles. The van der Waals surface area contributed by atoms with E-state index >= 15 is 0 Å². The number of amides is 1. The Kier molecular flexibility index (Phi) is 4.98. The predicted molar refractivity (Wildman–Crippen MR) is 92.2 cm³/mol. The lowest BCUT2D eigenvalue weighted by molar-refractivity contribution is 0.0925. The van der Waals surface area contributed by atoms with Crippen LogP contribution in [0.15, 0.2) is 22.9 Å². The Morgan fingerprint density at radius 1 is 1.42 bits per heavy atom. The van der Waals surface area contributed by atoms with Crippen LogP contribution in [0.2, 0.25) is 0 Å². The average molecular weight is 395 g/mol. The van der Waals surface area contributed by atoms with E-state index in [1.54, 1.807) is 37.3 Å². The van der Waals surface area contributed by atoms with Crippen molar-refractivity contribution in [2.45, 2.75) is 18.9 Å². The van der Waals surface area contributed by atoms with Gasteiger partial charge in [0.05, 0.1) is 17.8 Å². The first-order valence-electron chi connectivity index (χ1n) is 7.69. The van der Waals surface area contributed by atoms with Crippen LogP contribution in [0.25, 0.3) is 0 Å². The summed E-state index contributed by atoms with van der Waals surface area (Å²) in [4.78, 5) is 23.0. The molecule has 0 unspecified atom stereocenters. The molecule has 0 aromatic carbocycles. The first-order chi connectivity index (χ1) is 11.6. The summed E-state index contributed by atoms with van der Waals surface area (Å²) in [5.74, 6) is 1.03. The van der Waals surface area contributed by atoms with E-state index in [4.69, 9.17) is 4.74 Å². The number of nitrogens with one attached hydrogen (secondary N) is 1. The molecule has 0 spiro atoms. The minimum absolute atomic E-state index is 0.129. The van der Waals surface area contributed by atoms with Crippen molar-refractivity contribution in [1.82, 2.24) is 25.1 Å². The zero-order valence-corrected chi connectivity index (χ0v) is 15.2. The van der Waals surface area contributed by atoms with Crippen LogP contribution in [0.3, 0.4) is 0 Å². The smallest absolute Gasteiger partial charge is 0.271 e. The number of aryl methyl sites for hydroxylation is 1. The fourth-order valence-corrected chi connectivity index (χ4v) is 3.01. The molecular weight excluding hydrogens is 376 g/mol. The Morgan fingerprint density at radius 2 is 2.17 bits per heavy atom. The Bertz CT molecular complexity index is 727. The summed E-state index contributed by atoms with van der Waals surface area (Å²) in [5.41, 5.74) is 0.445. The highest BCUT2D eigenvalue weighted by Gasteiger charge is 2.23. The number of piperidine rings is 1. The van der Waals surface area contributed by atoms with Gasteiger partial charge in [0.2, 0.25) is 11.8 Å². The van der Waals surface area contributed by atoms with E-state index in [0.717, 1.165) is 30.4 Å². The van der Waals surface area contributed by atoms with E-state index in [0.29, 0.717) is 17.5 Å². The molecule has 0 radical (unpaired) electrons. The van der Waals surface area contributed by atoms with Crippen molar-refractivity contribution in [2.75, 3.05) is 25.1 Å². The van der Waals surface area contributed by atoms with Crippen molar-refractivity contribution in [3.63, 3.8) is 0 Å². The maximum Gasteiger partial charge on any atom is 0.271 e. The number of anilines is 1. The number of hydrogen-bond acceptors (Lipinski definition) is 6. The van der Waals surface area contributed by atoms with Gasteiger partial charge in [0.25, 0.3) is 5.91 Å². The largest absolute Gasteiger partial charge is 0.480 e. The monoisotopic (exact) mass is 394 g/mol. The molecule has 2 aromatic heterocycles. The van der Waals surface area contributed by atoms with Gasteiger partial charge in [-0.3, -0.25) is 9.48 Å². The number of methoxy groups -OCH3 is 1. The third kappa shape index (κ3) is 3.66. The van der Waals surface area contributed by atoms with Crippen molar-refractivity contribution in [1.29, 1.82) is 0 Å². The molecule has 1 aliphatic rings. The van der Waals surface area contributed by atoms with Crippen LogP contribution >= 0.6 is 15.9 Å². The van der Waals surface area contributed by atoms with E-state index in [1.807, 2.05) is 0 Å². The van der Waals surface area contributed by atoms with Crippen molar-refractivity contribution in [2.24, 2.45) is 7.05 Å². The standard InChI is InChI=1S/C15H19BrN6O2/c1-21-6-5-12(20-21)13(23)18-10-3-7-22(8-4-10)15-17-9-11(16)14(19-15)24-2/h5-6,9-10H,3-4,7-8H2,1-2H3,(H,18,23). The first kappa shape index (κ1) is 16.7. The maximum atomic E-state index is 12.2. The van der Waals surface area contributed by atoms with Crippen molar-refractivity contribution in [3.8, 4) is 5.88 Å². The molecule has 0 aliphatic carbocycles. The van der Waals surface area contributed by atoms with Gasteiger partial charge >= 0.3 is 0 Å². The highest BCUT2D eigenvalue weighted by atomic mass is 79.9. The summed E-state index contributed by atoms with van der Waals surface area (Å²) in [7, 11) is 3.37. The van der Waals surface area contributed by atoms with Gasteiger partial charge in [-0.1, -0.05) is 0 Å². The summed E-state index contributed by atoms with van der Waals surface area (Å²) in [6, 6.07) is 1.85. The van der Waals surface area contributed by atoms with Crippen LogP contribution in [0, 0.1) is 0 Å². The summed E-state index contributed by atoms with van der Waals surface area (Å²) < 4.78 is 7.56. The molecule has 3 rings (SSSR count). The van der Waals surface area contributed by atoms with Gasteiger partial charge in [-0.15, -0.1) is 0 Å². The number of nitrogens with zero attached hydrogens (tertiary/aromatic N) is 5.